The summed E-state index contributed by atoms with van der Waals surface area (Å²) in [6, 6.07) is 8.45. The molecule has 1 aliphatic heterocycles. The number of piperazine rings is 1. The molecule has 0 unspecified atom stereocenters. The van der Waals surface area contributed by atoms with Gasteiger partial charge >= 0.3 is 12.1 Å². The molecule has 0 radical (unpaired) electrons. The van der Waals surface area contributed by atoms with Gasteiger partial charge in [0.05, 0.1) is 25.0 Å². The van der Waals surface area contributed by atoms with Crippen molar-refractivity contribution in [3.05, 3.63) is 47.0 Å². The number of rotatable bonds is 7. The van der Waals surface area contributed by atoms with E-state index in [-0.39, 0.29) is 33.5 Å². The Morgan fingerprint density at radius 2 is 1.82 bits per heavy atom. The summed E-state index contributed by atoms with van der Waals surface area (Å²) in [4.78, 5) is 27.0. The fraction of sp³-hybridized carbons (Fsp3) is 0.333. The van der Waals surface area contributed by atoms with Gasteiger partial charge in [0.2, 0.25) is 0 Å². The Kier molecular flexibility index (Phi) is 7.54. The zero-order chi connectivity index (χ0) is 24.2. The average molecular weight is 498 g/mol. The van der Waals surface area contributed by atoms with Gasteiger partial charge in [0.1, 0.15) is 10.6 Å². The summed E-state index contributed by atoms with van der Waals surface area (Å²) in [5, 5.41) is 9.95. The number of halogens is 1. The van der Waals surface area contributed by atoms with Gasteiger partial charge in [-0.3, -0.25) is 4.72 Å². The SMILES string of the molecule is CCOC(=O)N1CCN(c2ccc(NS(=O)(=O)c3cc(Cl)ccc3OC)cc2C(=O)O)CC1. The number of nitrogens with one attached hydrogen (secondary N) is 1. The van der Waals surface area contributed by atoms with Crippen molar-refractivity contribution in [1.82, 2.24) is 4.90 Å². The number of hydrogen-bond donors (Lipinski definition) is 2. The van der Waals surface area contributed by atoms with Crippen LogP contribution in [0.2, 0.25) is 5.02 Å². The number of aromatic carboxylic acids is 1. The molecule has 1 aliphatic rings. The molecule has 0 spiro atoms. The van der Waals surface area contributed by atoms with Crippen molar-refractivity contribution in [2.75, 3.05) is 49.5 Å². The molecule has 1 amide bonds. The summed E-state index contributed by atoms with van der Waals surface area (Å²) in [5.41, 5.74) is 0.426. The number of sulfonamides is 1. The molecular weight excluding hydrogens is 474 g/mol. The maximum Gasteiger partial charge on any atom is 0.409 e. The van der Waals surface area contributed by atoms with Crippen molar-refractivity contribution in [2.24, 2.45) is 0 Å². The Labute approximate surface area is 196 Å². The fourth-order valence-electron chi connectivity index (χ4n) is 3.46. The Hall–Kier alpha value is -3.18. The Morgan fingerprint density at radius 3 is 2.42 bits per heavy atom. The number of ether oxygens (including phenoxy) is 2. The molecule has 0 aliphatic carbocycles. The quantitative estimate of drug-likeness (QED) is 0.597. The van der Waals surface area contributed by atoms with Crippen LogP contribution in [0.15, 0.2) is 41.3 Å². The predicted molar refractivity (Wildman–Crippen MR) is 123 cm³/mol. The minimum absolute atomic E-state index is 0.0714. The number of carboxylic acids is 1. The third kappa shape index (κ3) is 5.60. The van der Waals surface area contributed by atoms with Crippen LogP contribution in [0.3, 0.4) is 0 Å². The third-order valence-electron chi connectivity index (χ3n) is 5.04. The van der Waals surface area contributed by atoms with E-state index in [1.54, 1.807) is 11.8 Å². The molecule has 1 fully saturated rings. The topological polar surface area (TPSA) is 125 Å². The van der Waals surface area contributed by atoms with Crippen molar-refractivity contribution in [3.8, 4) is 5.75 Å². The monoisotopic (exact) mass is 497 g/mol. The van der Waals surface area contributed by atoms with E-state index >= 15 is 0 Å². The lowest BCUT2D eigenvalue weighted by molar-refractivity contribution is 0.0696. The molecule has 0 saturated carbocycles. The number of anilines is 2. The van der Waals surface area contributed by atoms with Crippen molar-refractivity contribution in [2.45, 2.75) is 11.8 Å². The van der Waals surface area contributed by atoms with Crippen molar-refractivity contribution >= 4 is 45.1 Å². The molecule has 2 N–H and O–H groups in total. The maximum absolute atomic E-state index is 12.9. The minimum Gasteiger partial charge on any atom is -0.495 e. The highest BCUT2D eigenvalue weighted by Crippen LogP contribution is 2.31. The zero-order valence-electron chi connectivity index (χ0n) is 18.1. The van der Waals surface area contributed by atoms with Crippen LogP contribution < -0.4 is 14.4 Å². The first-order valence-corrected chi connectivity index (χ1v) is 11.9. The smallest absolute Gasteiger partial charge is 0.409 e. The first-order valence-electron chi connectivity index (χ1n) is 10.1. The summed E-state index contributed by atoms with van der Waals surface area (Å²) in [6.45, 7) is 3.57. The maximum atomic E-state index is 12.9. The predicted octanol–water partition coefficient (Wildman–Crippen LogP) is 3.13. The molecule has 2 aromatic carbocycles. The molecule has 0 atom stereocenters. The minimum atomic E-state index is -4.11. The van der Waals surface area contributed by atoms with Crippen LogP contribution in [0.5, 0.6) is 5.75 Å². The third-order valence-corrected chi connectivity index (χ3v) is 6.68. The molecule has 10 nitrogen and oxygen atoms in total. The van der Waals surface area contributed by atoms with Crippen molar-refractivity contribution in [3.63, 3.8) is 0 Å². The number of carbonyl (C=O) groups excluding carboxylic acids is 1. The molecular formula is C21H24ClN3O7S. The van der Waals surface area contributed by atoms with Crippen LogP contribution in [0, 0.1) is 0 Å². The molecule has 0 aromatic heterocycles. The number of carboxylic acid groups (broad SMARTS) is 1. The number of nitrogens with zero attached hydrogens (tertiary/aromatic N) is 2. The first-order chi connectivity index (χ1) is 15.7. The van der Waals surface area contributed by atoms with Gasteiger partial charge in [-0.2, -0.15) is 0 Å². The number of hydrogen-bond acceptors (Lipinski definition) is 7. The highest BCUT2D eigenvalue weighted by atomic mass is 35.5. The Bertz CT molecular complexity index is 1150. The summed E-state index contributed by atoms with van der Waals surface area (Å²) < 4.78 is 38.3. The Morgan fingerprint density at radius 1 is 1.12 bits per heavy atom. The van der Waals surface area contributed by atoms with E-state index in [1.165, 1.54) is 43.5 Å². The molecule has 2 aromatic rings. The molecule has 3 rings (SSSR count). The van der Waals surface area contributed by atoms with E-state index < -0.39 is 22.1 Å². The summed E-state index contributed by atoms with van der Waals surface area (Å²) >= 11 is 5.94. The van der Waals surface area contributed by atoms with Crippen LogP contribution >= 0.6 is 11.6 Å². The van der Waals surface area contributed by atoms with Gasteiger partial charge in [0.15, 0.2) is 0 Å². The molecule has 33 heavy (non-hydrogen) atoms. The van der Waals surface area contributed by atoms with Crippen LogP contribution in [0.25, 0.3) is 0 Å². The second-order valence-electron chi connectivity index (χ2n) is 7.11. The number of benzene rings is 2. The van der Waals surface area contributed by atoms with Crippen LogP contribution in [0.4, 0.5) is 16.2 Å². The van der Waals surface area contributed by atoms with Crippen LogP contribution in [-0.4, -0.2) is 70.4 Å². The molecule has 1 heterocycles. The van der Waals surface area contributed by atoms with Gasteiger partial charge in [-0.25, -0.2) is 18.0 Å². The van der Waals surface area contributed by atoms with Gasteiger partial charge in [-0.1, -0.05) is 11.6 Å². The molecule has 12 heteroatoms. The second kappa shape index (κ2) is 10.2. The molecule has 0 bridgehead atoms. The van der Waals surface area contributed by atoms with E-state index in [4.69, 9.17) is 21.1 Å². The lowest BCUT2D eigenvalue weighted by Gasteiger charge is -2.36. The van der Waals surface area contributed by atoms with E-state index in [0.29, 0.717) is 31.9 Å². The van der Waals surface area contributed by atoms with Crippen molar-refractivity contribution < 1.29 is 32.6 Å². The number of amides is 1. The molecule has 1 saturated heterocycles. The number of methoxy groups -OCH3 is 1. The largest absolute Gasteiger partial charge is 0.495 e. The summed E-state index contributed by atoms with van der Waals surface area (Å²) in [7, 11) is -2.77. The van der Waals surface area contributed by atoms with E-state index in [2.05, 4.69) is 4.72 Å². The lowest BCUT2D eigenvalue weighted by Crippen LogP contribution is -2.49. The zero-order valence-corrected chi connectivity index (χ0v) is 19.6. The Balaban J connectivity index is 1.83. The summed E-state index contributed by atoms with van der Waals surface area (Å²) in [6.07, 6.45) is -0.406. The van der Waals surface area contributed by atoms with E-state index in [9.17, 15) is 23.1 Å². The van der Waals surface area contributed by atoms with E-state index in [0.717, 1.165) is 0 Å². The normalized spacial score (nSPS) is 14.0. The molecule has 178 valence electrons. The highest BCUT2D eigenvalue weighted by Gasteiger charge is 2.26. The van der Waals surface area contributed by atoms with Gasteiger partial charge in [-0.15, -0.1) is 0 Å². The fourth-order valence-corrected chi connectivity index (χ4v) is 4.94. The van der Waals surface area contributed by atoms with Gasteiger partial charge in [-0.05, 0) is 43.3 Å². The highest BCUT2D eigenvalue weighted by molar-refractivity contribution is 7.92. The number of carbonyl (C=O) groups is 2. The van der Waals surface area contributed by atoms with Crippen LogP contribution in [0.1, 0.15) is 17.3 Å². The van der Waals surface area contributed by atoms with Gasteiger partial charge < -0.3 is 24.4 Å². The summed E-state index contributed by atoms with van der Waals surface area (Å²) in [5.74, 6) is -1.11. The first kappa shape index (κ1) is 24.5. The standard InChI is InChI=1S/C21H24ClN3O7S/c1-3-32-21(28)25-10-8-24(9-11-25)17-6-5-15(13-16(17)20(26)27)23-33(29,30)19-12-14(22)4-7-18(19)31-2/h4-7,12-13,23H,3,8-11H2,1-2H3,(H,26,27). The second-order valence-corrected chi connectivity index (χ2v) is 9.20. The average Bonchev–Trinajstić information content (AvgIpc) is 2.79. The van der Waals surface area contributed by atoms with E-state index in [1.807, 2.05) is 4.90 Å². The lowest BCUT2D eigenvalue weighted by atomic mass is 10.1. The van der Waals surface area contributed by atoms with Crippen LogP contribution in [-0.2, 0) is 14.8 Å². The van der Waals surface area contributed by atoms with Gasteiger partial charge in [0, 0.05) is 36.9 Å². The van der Waals surface area contributed by atoms with Crippen molar-refractivity contribution in [1.29, 1.82) is 0 Å². The van der Waals surface area contributed by atoms with Gasteiger partial charge in [0.25, 0.3) is 10.0 Å².